The van der Waals surface area contributed by atoms with Crippen molar-refractivity contribution in [1.29, 1.82) is 0 Å². The minimum Gasteiger partial charge on any atom is -0.483 e. The summed E-state index contributed by atoms with van der Waals surface area (Å²) in [5.41, 5.74) is 5.89. The van der Waals surface area contributed by atoms with Crippen LogP contribution in [-0.2, 0) is 20.7 Å². The number of para-hydroxylation sites is 2. The van der Waals surface area contributed by atoms with Crippen molar-refractivity contribution in [3.05, 3.63) is 70.7 Å². The molecule has 166 valence electrons. The maximum Gasteiger partial charge on any atom is 0.311 e. The number of esters is 1. The van der Waals surface area contributed by atoms with E-state index in [9.17, 15) is 9.59 Å². The van der Waals surface area contributed by atoms with Crippen LogP contribution < -0.4 is 15.5 Å². The van der Waals surface area contributed by atoms with E-state index >= 15 is 0 Å². The number of hydrogen-bond donors (Lipinski definition) is 2. The zero-order valence-electron chi connectivity index (χ0n) is 17.8. The lowest BCUT2D eigenvalue weighted by molar-refractivity contribution is -0.142. The highest BCUT2D eigenvalue weighted by Crippen LogP contribution is 2.19. The van der Waals surface area contributed by atoms with Gasteiger partial charge in [-0.2, -0.15) is 5.10 Å². The summed E-state index contributed by atoms with van der Waals surface area (Å²) in [7, 11) is 0. The number of hydrogen-bond acceptors (Lipinski definition) is 8. The molecule has 0 atom stereocenters. The van der Waals surface area contributed by atoms with Crippen LogP contribution in [0.1, 0.15) is 23.7 Å². The van der Waals surface area contributed by atoms with Gasteiger partial charge in [0.15, 0.2) is 6.61 Å². The highest BCUT2D eigenvalue weighted by atomic mass is 32.1. The van der Waals surface area contributed by atoms with Crippen LogP contribution in [0.25, 0.3) is 0 Å². The average Bonchev–Trinajstić information content (AvgIpc) is 3.22. The van der Waals surface area contributed by atoms with Crippen LogP contribution in [0.15, 0.2) is 59.0 Å². The Bertz CT molecular complexity index is 1100. The molecule has 0 saturated carbocycles. The Morgan fingerprint density at radius 2 is 1.94 bits per heavy atom. The highest BCUT2D eigenvalue weighted by Gasteiger charge is 2.09. The second-order valence-electron chi connectivity index (χ2n) is 6.69. The molecule has 2 N–H and O–H groups in total. The lowest BCUT2D eigenvalue weighted by Crippen LogP contribution is -2.21. The minimum absolute atomic E-state index is 0.122. The predicted molar refractivity (Wildman–Crippen MR) is 125 cm³/mol. The maximum atomic E-state index is 12.2. The smallest absolute Gasteiger partial charge is 0.311 e. The summed E-state index contributed by atoms with van der Waals surface area (Å²) in [4.78, 5) is 28.1. The number of carbonyl (C=O) groups excluding carboxylic acids is 2. The number of thiazole rings is 1. The number of rotatable bonds is 10. The Morgan fingerprint density at radius 3 is 2.75 bits per heavy atom. The fourth-order valence-corrected chi connectivity index (χ4v) is 3.38. The van der Waals surface area contributed by atoms with Gasteiger partial charge in [0.25, 0.3) is 5.91 Å². The van der Waals surface area contributed by atoms with E-state index in [1.165, 1.54) is 11.3 Å². The number of hydrazone groups is 1. The van der Waals surface area contributed by atoms with Gasteiger partial charge in [-0.05, 0) is 37.6 Å². The van der Waals surface area contributed by atoms with Crippen molar-refractivity contribution in [2.45, 2.75) is 20.3 Å². The summed E-state index contributed by atoms with van der Waals surface area (Å²) in [6.45, 7) is 3.90. The van der Waals surface area contributed by atoms with E-state index in [4.69, 9.17) is 9.47 Å². The quantitative estimate of drug-likeness (QED) is 0.274. The molecule has 0 aliphatic rings. The molecular formula is C23H24N4O4S. The number of ether oxygens (including phenoxy) is 2. The lowest BCUT2D eigenvalue weighted by atomic mass is 10.2. The number of benzene rings is 2. The highest BCUT2D eigenvalue weighted by molar-refractivity contribution is 7.13. The lowest BCUT2D eigenvalue weighted by Gasteiger charge is -2.10. The molecule has 0 unspecified atom stereocenters. The topological polar surface area (TPSA) is 102 Å². The summed E-state index contributed by atoms with van der Waals surface area (Å²) < 4.78 is 10.6. The first-order chi connectivity index (χ1) is 15.5. The van der Waals surface area contributed by atoms with Crippen molar-refractivity contribution in [2.24, 2.45) is 5.10 Å². The summed E-state index contributed by atoms with van der Waals surface area (Å²) in [5, 5.41) is 9.35. The molecule has 8 nitrogen and oxygen atoms in total. The van der Waals surface area contributed by atoms with Gasteiger partial charge in [-0.15, -0.1) is 11.3 Å². The first-order valence-corrected chi connectivity index (χ1v) is 10.9. The van der Waals surface area contributed by atoms with Crippen LogP contribution in [0.2, 0.25) is 0 Å². The SMILES string of the molecule is CCOC(=O)Cc1csc(NN=Cc2ccccc2OCC(=O)Nc2ccccc2C)n1. The number of anilines is 2. The standard InChI is InChI=1S/C23H24N4O4S/c1-3-30-22(29)12-18-15-32-23(25-18)27-24-13-17-9-5-7-11-20(17)31-14-21(28)26-19-10-6-4-8-16(19)2/h4-11,13,15H,3,12,14H2,1-2H3,(H,25,27)(H,26,28). The first kappa shape index (κ1) is 23.0. The van der Waals surface area contributed by atoms with E-state index in [0.717, 1.165) is 11.3 Å². The van der Waals surface area contributed by atoms with Crippen molar-refractivity contribution in [2.75, 3.05) is 24.0 Å². The Hall–Kier alpha value is -3.72. The number of carbonyl (C=O) groups is 2. The van der Waals surface area contributed by atoms with E-state index in [-0.39, 0.29) is 24.9 Å². The van der Waals surface area contributed by atoms with Crippen LogP contribution in [0.5, 0.6) is 5.75 Å². The minimum atomic E-state index is -0.314. The van der Waals surface area contributed by atoms with E-state index in [0.29, 0.717) is 28.7 Å². The van der Waals surface area contributed by atoms with E-state index in [2.05, 4.69) is 20.8 Å². The monoisotopic (exact) mass is 452 g/mol. The van der Waals surface area contributed by atoms with Gasteiger partial charge < -0.3 is 14.8 Å². The van der Waals surface area contributed by atoms with Crippen LogP contribution >= 0.6 is 11.3 Å². The van der Waals surface area contributed by atoms with Crippen LogP contribution in [-0.4, -0.2) is 36.3 Å². The van der Waals surface area contributed by atoms with Gasteiger partial charge in [-0.3, -0.25) is 15.0 Å². The molecule has 0 saturated heterocycles. The Balaban J connectivity index is 1.54. The number of nitrogens with zero attached hydrogens (tertiary/aromatic N) is 2. The molecule has 3 rings (SSSR count). The third-order valence-corrected chi connectivity index (χ3v) is 5.04. The fourth-order valence-electron chi connectivity index (χ4n) is 2.72. The average molecular weight is 453 g/mol. The number of aromatic nitrogens is 1. The molecule has 0 spiro atoms. The van der Waals surface area contributed by atoms with Gasteiger partial charge in [0.1, 0.15) is 5.75 Å². The van der Waals surface area contributed by atoms with Gasteiger partial charge in [0, 0.05) is 16.6 Å². The molecule has 0 aliphatic heterocycles. The van der Waals surface area contributed by atoms with E-state index in [1.54, 1.807) is 24.6 Å². The molecule has 2 aromatic carbocycles. The molecule has 0 radical (unpaired) electrons. The first-order valence-electron chi connectivity index (χ1n) is 10.0. The van der Waals surface area contributed by atoms with Gasteiger partial charge in [0.05, 0.1) is 24.9 Å². The second-order valence-corrected chi connectivity index (χ2v) is 7.54. The van der Waals surface area contributed by atoms with Crippen molar-refractivity contribution in [3.63, 3.8) is 0 Å². The van der Waals surface area contributed by atoms with Crippen molar-refractivity contribution in [3.8, 4) is 5.75 Å². The van der Waals surface area contributed by atoms with Gasteiger partial charge in [0.2, 0.25) is 5.13 Å². The van der Waals surface area contributed by atoms with Crippen molar-refractivity contribution in [1.82, 2.24) is 4.98 Å². The van der Waals surface area contributed by atoms with E-state index in [1.807, 2.05) is 49.4 Å². The summed E-state index contributed by atoms with van der Waals surface area (Å²) in [5.74, 6) is -0.0356. The van der Waals surface area contributed by atoms with Crippen LogP contribution in [0.3, 0.4) is 0 Å². The van der Waals surface area contributed by atoms with Crippen molar-refractivity contribution >= 4 is 40.2 Å². The Morgan fingerprint density at radius 1 is 1.16 bits per heavy atom. The zero-order valence-corrected chi connectivity index (χ0v) is 18.6. The van der Waals surface area contributed by atoms with E-state index < -0.39 is 0 Å². The summed E-state index contributed by atoms with van der Waals surface area (Å²) in [6.07, 6.45) is 1.71. The molecule has 32 heavy (non-hydrogen) atoms. The predicted octanol–water partition coefficient (Wildman–Crippen LogP) is 4.02. The largest absolute Gasteiger partial charge is 0.483 e. The molecular weight excluding hydrogens is 428 g/mol. The summed E-state index contributed by atoms with van der Waals surface area (Å²) in [6, 6.07) is 14.8. The summed E-state index contributed by atoms with van der Waals surface area (Å²) >= 11 is 1.34. The van der Waals surface area contributed by atoms with Crippen LogP contribution in [0.4, 0.5) is 10.8 Å². The molecule has 1 aromatic heterocycles. The third kappa shape index (κ3) is 6.92. The zero-order chi connectivity index (χ0) is 22.8. The normalized spacial score (nSPS) is 10.7. The maximum absolute atomic E-state index is 12.2. The third-order valence-electron chi connectivity index (χ3n) is 4.24. The Kier molecular flexibility index (Phi) is 8.33. The second kappa shape index (κ2) is 11.6. The molecule has 3 aromatic rings. The number of nitrogens with one attached hydrogen (secondary N) is 2. The van der Waals surface area contributed by atoms with Gasteiger partial charge >= 0.3 is 5.97 Å². The molecule has 1 heterocycles. The molecule has 0 fully saturated rings. The molecule has 9 heteroatoms. The number of amides is 1. The Labute approximate surface area is 190 Å². The van der Waals surface area contributed by atoms with Gasteiger partial charge in [-0.1, -0.05) is 30.3 Å². The van der Waals surface area contributed by atoms with Crippen molar-refractivity contribution < 1.29 is 19.1 Å². The van der Waals surface area contributed by atoms with Crippen LogP contribution in [0, 0.1) is 6.92 Å². The molecule has 1 amide bonds. The number of aryl methyl sites for hydroxylation is 1. The van der Waals surface area contributed by atoms with Gasteiger partial charge in [-0.25, -0.2) is 4.98 Å². The molecule has 0 bridgehead atoms. The molecule has 0 aliphatic carbocycles. The fraction of sp³-hybridized carbons (Fsp3) is 0.217.